The number of carbonyl (C=O) groups excluding carboxylic acids is 1. The van der Waals surface area contributed by atoms with Gasteiger partial charge < -0.3 is 10.6 Å². The summed E-state index contributed by atoms with van der Waals surface area (Å²) >= 11 is 0. The maximum absolute atomic E-state index is 13.4. The van der Waals surface area contributed by atoms with Crippen molar-refractivity contribution in [1.82, 2.24) is 4.90 Å². The Hall–Kier alpha value is -1.42. The molecular weight excluding hydrogens is 207 g/mol. The van der Waals surface area contributed by atoms with Gasteiger partial charge >= 0.3 is 0 Å². The molecule has 0 radical (unpaired) electrons. The summed E-state index contributed by atoms with van der Waals surface area (Å²) in [7, 11) is 0. The summed E-state index contributed by atoms with van der Waals surface area (Å²) in [5.41, 5.74) is 5.54. The third kappa shape index (κ3) is 2.79. The molecule has 1 rings (SSSR count). The molecule has 0 unspecified atom stereocenters. The van der Waals surface area contributed by atoms with Crippen molar-refractivity contribution >= 4 is 5.91 Å². The summed E-state index contributed by atoms with van der Waals surface area (Å²) < 4.78 is 13.4. The van der Waals surface area contributed by atoms with E-state index in [1.807, 2.05) is 13.8 Å². The molecule has 88 valence electrons. The first-order valence-corrected chi connectivity index (χ1v) is 5.33. The van der Waals surface area contributed by atoms with Crippen LogP contribution in [0.25, 0.3) is 0 Å². The lowest BCUT2D eigenvalue weighted by Crippen LogP contribution is -2.40. The fourth-order valence-corrected chi connectivity index (χ4v) is 1.52. The minimum Gasteiger partial charge on any atom is -0.335 e. The predicted octanol–water partition coefficient (Wildman–Crippen LogP) is 1.63. The number of carbonyl (C=O) groups is 1. The van der Waals surface area contributed by atoms with Crippen molar-refractivity contribution in [3.05, 3.63) is 35.6 Å². The van der Waals surface area contributed by atoms with E-state index in [0.717, 1.165) is 0 Å². The van der Waals surface area contributed by atoms with E-state index >= 15 is 0 Å². The Morgan fingerprint density at radius 2 is 2.06 bits per heavy atom. The maximum Gasteiger partial charge on any atom is 0.257 e. The van der Waals surface area contributed by atoms with Crippen LogP contribution in [0.4, 0.5) is 4.39 Å². The van der Waals surface area contributed by atoms with Crippen LogP contribution in [0.1, 0.15) is 24.2 Å². The normalized spacial score (nSPS) is 10.6. The van der Waals surface area contributed by atoms with Crippen LogP contribution in [0.5, 0.6) is 0 Å². The quantitative estimate of drug-likeness (QED) is 0.845. The second-order valence-electron chi connectivity index (χ2n) is 3.86. The van der Waals surface area contributed by atoms with Crippen LogP contribution >= 0.6 is 0 Å². The molecule has 0 aromatic heterocycles. The van der Waals surface area contributed by atoms with E-state index in [0.29, 0.717) is 13.1 Å². The number of hydrogen-bond acceptors (Lipinski definition) is 2. The molecule has 0 heterocycles. The van der Waals surface area contributed by atoms with Gasteiger partial charge in [0, 0.05) is 19.1 Å². The summed E-state index contributed by atoms with van der Waals surface area (Å²) in [5.74, 6) is -0.797. The Morgan fingerprint density at radius 1 is 1.44 bits per heavy atom. The van der Waals surface area contributed by atoms with Crippen molar-refractivity contribution in [3.8, 4) is 0 Å². The van der Waals surface area contributed by atoms with Crippen LogP contribution in [0.2, 0.25) is 0 Å². The fraction of sp³-hybridized carbons (Fsp3) is 0.417. The summed E-state index contributed by atoms with van der Waals surface area (Å²) in [6.07, 6.45) is 0. The smallest absolute Gasteiger partial charge is 0.257 e. The first-order chi connectivity index (χ1) is 7.57. The maximum atomic E-state index is 13.4. The van der Waals surface area contributed by atoms with E-state index in [1.54, 1.807) is 17.0 Å². The zero-order valence-electron chi connectivity index (χ0n) is 9.61. The Bertz CT molecular complexity index is 366. The molecule has 0 spiro atoms. The van der Waals surface area contributed by atoms with Crippen molar-refractivity contribution < 1.29 is 9.18 Å². The van der Waals surface area contributed by atoms with Crippen molar-refractivity contribution in [2.24, 2.45) is 5.73 Å². The topological polar surface area (TPSA) is 46.3 Å². The molecule has 0 atom stereocenters. The molecule has 0 saturated heterocycles. The van der Waals surface area contributed by atoms with E-state index < -0.39 is 5.82 Å². The van der Waals surface area contributed by atoms with Gasteiger partial charge in [-0.05, 0) is 26.0 Å². The highest BCUT2D eigenvalue weighted by atomic mass is 19.1. The van der Waals surface area contributed by atoms with Gasteiger partial charge in [-0.2, -0.15) is 0 Å². The number of halogens is 1. The largest absolute Gasteiger partial charge is 0.335 e. The highest BCUT2D eigenvalue weighted by Crippen LogP contribution is 2.11. The van der Waals surface area contributed by atoms with E-state index in [1.165, 1.54) is 12.1 Å². The molecule has 2 N–H and O–H groups in total. The molecule has 0 aliphatic heterocycles. The lowest BCUT2D eigenvalue weighted by atomic mass is 10.1. The van der Waals surface area contributed by atoms with E-state index in [-0.39, 0.29) is 17.5 Å². The lowest BCUT2D eigenvalue weighted by molar-refractivity contribution is 0.0707. The van der Waals surface area contributed by atoms with Crippen LogP contribution in [0.15, 0.2) is 24.3 Å². The van der Waals surface area contributed by atoms with Crippen LogP contribution in [0.3, 0.4) is 0 Å². The fourth-order valence-electron chi connectivity index (χ4n) is 1.52. The van der Waals surface area contributed by atoms with Gasteiger partial charge in [-0.1, -0.05) is 12.1 Å². The molecule has 0 fully saturated rings. The van der Waals surface area contributed by atoms with Crippen LogP contribution in [-0.2, 0) is 0 Å². The van der Waals surface area contributed by atoms with Gasteiger partial charge in [0.25, 0.3) is 5.91 Å². The predicted molar refractivity (Wildman–Crippen MR) is 61.6 cm³/mol. The molecule has 1 aromatic carbocycles. The third-order valence-electron chi connectivity index (χ3n) is 2.36. The van der Waals surface area contributed by atoms with Gasteiger partial charge in [0.1, 0.15) is 5.82 Å². The van der Waals surface area contributed by atoms with E-state index in [9.17, 15) is 9.18 Å². The lowest BCUT2D eigenvalue weighted by Gasteiger charge is -2.26. The third-order valence-corrected chi connectivity index (χ3v) is 2.36. The Kier molecular flexibility index (Phi) is 4.43. The molecule has 1 amide bonds. The minimum absolute atomic E-state index is 0.00987. The van der Waals surface area contributed by atoms with Gasteiger partial charge in [-0.3, -0.25) is 4.79 Å². The van der Waals surface area contributed by atoms with Crippen molar-refractivity contribution in [3.63, 3.8) is 0 Å². The molecule has 0 aliphatic rings. The number of benzene rings is 1. The van der Waals surface area contributed by atoms with E-state index in [2.05, 4.69) is 0 Å². The van der Waals surface area contributed by atoms with Crippen molar-refractivity contribution in [2.45, 2.75) is 19.9 Å². The SMILES string of the molecule is CC(C)N(CCN)C(=O)c1ccccc1F. The minimum atomic E-state index is -0.491. The summed E-state index contributed by atoms with van der Waals surface area (Å²) in [4.78, 5) is 13.6. The zero-order valence-corrected chi connectivity index (χ0v) is 9.61. The second-order valence-corrected chi connectivity index (χ2v) is 3.86. The summed E-state index contributed by atoms with van der Waals surface area (Å²) in [5, 5.41) is 0. The number of nitrogens with two attached hydrogens (primary N) is 1. The molecular formula is C12H17FN2O. The van der Waals surface area contributed by atoms with Gasteiger partial charge in [0.15, 0.2) is 0 Å². The molecule has 0 aliphatic carbocycles. The standard InChI is InChI=1S/C12H17FN2O/c1-9(2)15(8-7-14)12(16)10-5-3-4-6-11(10)13/h3-6,9H,7-8,14H2,1-2H3. The highest BCUT2D eigenvalue weighted by molar-refractivity contribution is 5.94. The summed E-state index contributed by atoms with van der Waals surface area (Å²) in [6.45, 7) is 4.58. The van der Waals surface area contributed by atoms with Crippen LogP contribution < -0.4 is 5.73 Å². The number of hydrogen-bond donors (Lipinski definition) is 1. The number of nitrogens with zero attached hydrogens (tertiary/aromatic N) is 1. The monoisotopic (exact) mass is 224 g/mol. The first kappa shape index (κ1) is 12.6. The molecule has 1 aromatic rings. The molecule has 4 heteroatoms. The average molecular weight is 224 g/mol. The Balaban J connectivity index is 2.95. The van der Waals surface area contributed by atoms with Gasteiger partial charge in [-0.25, -0.2) is 4.39 Å². The van der Waals surface area contributed by atoms with Crippen LogP contribution in [-0.4, -0.2) is 29.9 Å². The molecule has 0 bridgehead atoms. The second kappa shape index (κ2) is 5.61. The van der Waals surface area contributed by atoms with E-state index in [4.69, 9.17) is 5.73 Å². The molecule has 3 nitrogen and oxygen atoms in total. The van der Waals surface area contributed by atoms with Gasteiger partial charge in [0.2, 0.25) is 0 Å². The Labute approximate surface area is 95.0 Å². The van der Waals surface area contributed by atoms with Gasteiger partial charge in [-0.15, -0.1) is 0 Å². The van der Waals surface area contributed by atoms with Crippen molar-refractivity contribution in [2.75, 3.05) is 13.1 Å². The number of rotatable bonds is 4. The Morgan fingerprint density at radius 3 is 2.56 bits per heavy atom. The molecule has 16 heavy (non-hydrogen) atoms. The highest BCUT2D eigenvalue weighted by Gasteiger charge is 2.20. The summed E-state index contributed by atoms with van der Waals surface area (Å²) in [6, 6.07) is 6.00. The number of amides is 1. The van der Waals surface area contributed by atoms with Gasteiger partial charge in [0.05, 0.1) is 5.56 Å². The first-order valence-electron chi connectivity index (χ1n) is 5.33. The average Bonchev–Trinajstić information content (AvgIpc) is 2.25. The van der Waals surface area contributed by atoms with Crippen molar-refractivity contribution in [1.29, 1.82) is 0 Å². The zero-order chi connectivity index (χ0) is 12.1. The van der Waals surface area contributed by atoms with Crippen LogP contribution in [0, 0.1) is 5.82 Å². The molecule has 0 saturated carbocycles.